The van der Waals surface area contributed by atoms with Crippen LogP contribution in [0.2, 0.25) is 0 Å². The van der Waals surface area contributed by atoms with Crippen molar-refractivity contribution in [2.24, 2.45) is 5.92 Å². The molecule has 0 saturated heterocycles. The second-order valence-corrected chi connectivity index (χ2v) is 9.01. The van der Waals surface area contributed by atoms with E-state index in [-0.39, 0.29) is 12.5 Å². The van der Waals surface area contributed by atoms with Gasteiger partial charge in [-0.25, -0.2) is 0 Å². The summed E-state index contributed by atoms with van der Waals surface area (Å²) in [6.45, 7) is 7.13. The van der Waals surface area contributed by atoms with Crippen LogP contribution in [0.25, 0.3) is 11.1 Å². The highest BCUT2D eigenvalue weighted by Crippen LogP contribution is 2.37. The molecule has 4 heteroatoms. The molecule has 0 bridgehead atoms. The van der Waals surface area contributed by atoms with Gasteiger partial charge in [0.1, 0.15) is 18.0 Å². The summed E-state index contributed by atoms with van der Waals surface area (Å²) in [6.07, 6.45) is 3.70. The largest absolute Gasteiger partial charge is 0.492 e. The lowest BCUT2D eigenvalue weighted by molar-refractivity contribution is -0.155. The normalized spacial score (nSPS) is 14.1. The first-order valence-electron chi connectivity index (χ1n) is 10.5. The summed E-state index contributed by atoms with van der Waals surface area (Å²) < 4.78 is 11.5. The second kappa shape index (κ2) is 9.45. The maximum absolute atomic E-state index is 12.0. The summed E-state index contributed by atoms with van der Waals surface area (Å²) in [6, 6.07) is 17.0. The number of rotatable bonds is 9. The summed E-state index contributed by atoms with van der Waals surface area (Å²) in [5.41, 5.74) is 3.29. The highest BCUT2D eigenvalue weighted by atomic mass is 16.6. The lowest BCUT2D eigenvalue weighted by Crippen LogP contribution is -2.34. The molecule has 4 nitrogen and oxygen atoms in total. The van der Waals surface area contributed by atoms with Crippen molar-refractivity contribution < 1.29 is 14.3 Å². The van der Waals surface area contributed by atoms with Crippen LogP contribution in [0.15, 0.2) is 48.5 Å². The smallest absolute Gasteiger partial charge is 0.320 e. The molecule has 2 aromatic carbocycles. The Hall–Kier alpha value is -2.33. The molecular formula is C25H33NO3. The van der Waals surface area contributed by atoms with Crippen molar-refractivity contribution in [2.45, 2.75) is 45.6 Å². The molecule has 0 radical (unpaired) electrons. The van der Waals surface area contributed by atoms with E-state index in [1.165, 1.54) is 29.5 Å². The van der Waals surface area contributed by atoms with Crippen LogP contribution in [0.3, 0.4) is 0 Å². The number of carbonyl (C=O) groups excluding carboxylic acids is 1. The third-order valence-electron chi connectivity index (χ3n) is 4.92. The zero-order valence-corrected chi connectivity index (χ0v) is 18.1. The Balaban J connectivity index is 1.57. The predicted molar refractivity (Wildman–Crippen MR) is 117 cm³/mol. The van der Waals surface area contributed by atoms with Crippen molar-refractivity contribution >= 4 is 5.97 Å². The molecule has 29 heavy (non-hydrogen) atoms. The van der Waals surface area contributed by atoms with Gasteiger partial charge in [0.2, 0.25) is 0 Å². The van der Waals surface area contributed by atoms with Gasteiger partial charge in [0.25, 0.3) is 0 Å². The molecule has 0 amide bonds. The molecule has 1 aliphatic rings. The number of carbonyl (C=O) groups is 1. The van der Waals surface area contributed by atoms with Gasteiger partial charge in [-0.3, -0.25) is 9.69 Å². The van der Waals surface area contributed by atoms with E-state index < -0.39 is 5.60 Å². The van der Waals surface area contributed by atoms with Crippen molar-refractivity contribution in [2.75, 3.05) is 26.7 Å². The van der Waals surface area contributed by atoms with Crippen molar-refractivity contribution in [1.82, 2.24) is 4.90 Å². The van der Waals surface area contributed by atoms with Gasteiger partial charge in [0.05, 0.1) is 6.54 Å². The summed E-state index contributed by atoms with van der Waals surface area (Å²) >= 11 is 0. The fraction of sp³-hybridized carbons (Fsp3) is 0.480. The number of likely N-dealkylation sites (N-methyl/N-ethyl adjacent to an activating group) is 1. The number of esters is 1. The molecule has 0 aromatic heterocycles. The van der Waals surface area contributed by atoms with Crippen LogP contribution in [-0.2, 0) is 16.0 Å². The number of ether oxygens (including phenoxy) is 2. The number of nitrogens with zero attached hydrogens (tertiary/aromatic N) is 1. The quantitative estimate of drug-likeness (QED) is 0.563. The van der Waals surface area contributed by atoms with Crippen LogP contribution in [0.1, 0.15) is 39.2 Å². The minimum absolute atomic E-state index is 0.207. The SMILES string of the molecule is CN(CCOc1ccc(-c2ccccc2)cc1CC1CC1)CC(=O)OC(C)(C)C. The molecular weight excluding hydrogens is 362 g/mol. The average molecular weight is 396 g/mol. The third-order valence-corrected chi connectivity index (χ3v) is 4.92. The van der Waals surface area contributed by atoms with Crippen molar-refractivity contribution in [1.29, 1.82) is 0 Å². The van der Waals surface area contributed by atoms with Crippen LogP contribution < -0.4 is 4.74 Å². The van der Waals surface area contributed by atoms with Gasteiger partial charge in [0, 0.05) is 6.54 Å². The van der Waals surface area contributed by atoms with E-state index in [0.29, 0.717) is 13.2 Å². The third kappa shape index (κ3) is 7.21. The van der Waals surface area contributed by atoms with E-state index in [1.807, 2.05) is 38.8 Å². The van der Waals surface area contributed by atoms with E-state index in [2.05, 4.69) is 42.5 Å². The van der Waals surface area contributed by atoms with E-state index >= 15 is 0 Å². The van der Waals surface area contributed by atoms with Crippen LogP contribution in [0.5, 0.6) is 5.75 Å². The Labute approximate surface area is 174 Å². The topological polar surface area (TPSA) is 38.8 Å². The van der Waals surface area contributed by atoms with Gasteiger partial charge in [0.15, 0.2) is 0 Å². The zero-order valence-electron chi connectivity index (χ0n) is 18.1. The lowest BCUT2D eigenvalue weighted by atomic mass is 9.99. The van der Waals surface area contributed by atoms with Gasteiger partial charge in [-0.1, -0.05) is 36.4 Å². The first kappa shape index (κ1) is 21.4. The second-order valence-electron chi connectivity index (χ2n) is 9.01. The summed E-state index contributed by atoms with van der Waals surface area (Å²) in [4.78, 5) is 13.9. The Kier molecular flexibility index (Phi) is 6.96. The minimum atomic E-state index is -0.452. The minimum Gasteiger partial charge on any atom is -0.492 e. The standard InChI is InChI=1S/C25H33NO3/c1-25(2,3)29-24(27)18-26(4)14-15-28-23-13-12-21(20-8-6-5-7-9-20)17-22(23)16-19-10-11-19/h5-9,12-13,17,19H,10-11,14-16,18H2,1-4H3. The molecule has 3 rings (SSSR count). The number of hydrogen-bond donors (Lipinski definition) is 0. The molecule has 0 N–H and O–H groups in total. The molecule has 0 aliphatic heterocycles. The molecule has 0 atom stereocenters. The molecule has 0 unspecified atom stereocenters. The number of hydrogen-bond acceptors (Lipinski definition) is 4. The number of benzene rings is 2. The van der Waals surface area contributed by atoms with Crippen LogP contribution in [0, 0.1) is 5.92 Å². The van der Waals surface area contributed by atoms with E-state index in [4.69, 9.17) is 9.47 Å². The van der Waals surface area contributed by atoms with Crippen LogP contribution in [0.4, 0.5) is 0 Å². The Morgan fingerprint density at radius 3 is 2.45 bits per heavy atom. The molecule has 0 spiro atoms. The molecule has 2 aromatic rings. The van der Waals surface area contributed by atoms with Gasteiger partial charge >= 0.3 is 5.97 Å². The molecule has 0 heterocycles. The Morgan fingerprint density at radius 2 is 1.79 bits per heavy atom. The average Bonchev–Trinajstić information content (AvgIpc) is 3.46. The summed E-state index contributed by atoms with van der Waals surface area (Å²) in [5.74, 6) is 1.54. The Morgan fingerprint density at radius 1 is 1.07 bits per heavy atom. The highest BCUT2D eigenvalue weighted by molar-refractivity contribution is 5.72. The molecule has 156 valence electrons. The molecule has 1 aliphatic carbocycles. The fourth-order valence-electron chi connectivity index (χ4n) is 3.31. The van der Waals surface area contributed by atoms with E-state index in [9.17, 15) is 4.79 Å². The maximum atomic E-state index is 12.0. The fourth-order valence-corrected chi connectivity index (χ4v) is 3.31. The lowest BCUT2D eigenvalue weighted by Gasteiger charge is -2.22. The van der Waals surface area contributed by atoms with Crippen LogP contribution in [-0.4, -0.2) is 43.2 Å². The van der Waals surface area contributed by atoms with Gasteiger partial charge in [-0.05, 0) is 81.8 Å². The first-order valence-corrected chi connectivity index (χ1v) is 10.5. The predicted octanol–water partition coefficient (Wildman–Crippen LogP) is 4.96. The van der Waals surface area contributed by atoms with Gasteiger partial charge in [-0.2, -0.15) is 0 Å². The van der Waals surface area contributed by atoms with Gasteiger partial charge in [-0.15, -0.1) is 0 Å². The monoisotopic (exact) mass is 395 g/mol. The van der Waals surface area contributed by atoms with Crippen LogP contribution >= 0.6 is 0 Å². The van der Waals surface area contributed by atoms with Gasteiger partial charge < -0.3 is 9.47 Å². The van der Waals surface area contributed by atoms with E-state index in [0.717, 1.165) is 18.1 Å². The summed E-state index contributed by atoms with van der Waals surface area (Å²) in [7, 11) is 1.91. The zero-order chi connectivity index (χ0) is 20.9. The molecule has 1 saturated carbocycles. The van der Waals surface area contributed by atoms with Crippen molar-refractivity contribution in [3.05, 3.63) is 54.1 Å². The Bertz CT molecular complexity index is 807. The van der Waals surface area contributed by atoms with Crippen molar-refractivity contribution in [3.63, 3.8) is 0 Å². The molecule has 1 fully saturated rings. The van der Waals surface area contributed by atoms with E-state index in [1.54, 1.807) is 0 Å². The van der Waals surface area contributed by atoms with Crippen molar-refractivity contribution in [3.8, 4) is 16.9 Å². The maximum Gasteiger partial charge on any atom is 0.320 e. The first-order chi connectivity index (χ1) is 13.8. The highest BCUT2D eigenvalue weighted by Gasteiger charge is 2.23. The summed E-state index contributed by atoms with van der Waals surface area (Å²) in [5, 5.41) is 0.